The predicted molar refractivity (Wildman–Crippen MR) is 131 cm³/mol. The van der Waals surface area contributed by atoms with E-state index < -0.39 is 0 Å². The molecule has 0 radical (unpaired) electrons. The molecule has 36 heavy (non-hydrogen) atoms. The maximum absolute atomic E-state index is 9.14. The summed E-state index contributed by atoms with van der Waals surface area (Å²) in [6, 6.07) is 32.8. The van der Waals surface area contributed by atoms with Crippen LogP contribution in [0.4, 0.5) is 0 Å². The summed E-state index contributed by atoms with van der Waals surface area (Å²) in [5.74, 6) is 0. The first-order valence-corrected chi connectivity index (χ1v) is 10.6. The fourth-order valence-corrected chi connectivity index (χ4v) is 3.93. The van der Waals surface area contributed by atoms with Gasteiger partial charge in [-0.1, -0.05) is 72.8 Å². The molecule has 1 saturated carbocycles. The number of hydrogen-bond donors (Lipinski definition) is 0. The molecule has 0 aliphatic heterocycles. The third-order valence-corrected chi connectivity index (χ3v) is 5.75. The number of nitrogens with zero attached hydrogens (tertiary/aromatic N) is 6. The van der Waals surface area contributed by atoms with E-state index >= 15 is 0 Å². The van der Waals surface area contributed by atoms with Crippen LogP contribution in [-0.2, 0) is 0 Å². The van der Waals surface area contributed by atoms with Crippen LogP contribution in [0.15, 0.2) is 72.8 Å². The van der Waals surface area contributed by atoms with Gasteiger partial charge in [-0.25, -0.2) is 0 Å². The van der Waals surface area contributed by atoms with Crippen molar-refractivity contribution in [3.8, 4) is 36.4 Å². The van der Waals surface area contributed by atoms with Crippen LogP contribution in [0.2, 0.25) is 0 Å². The van der Waals surface area contributed by atoms with Crippen LogP contribution in [0.1, 0.15) is 0 Å². The molecule has 0 saturated heterocycles. The monoisotopic (exact) mass is 456 g/mol. The summed E-state index contributed by atoms with van der Waals surface area (Å²) in [5.41, 5.74) is 3.04. The minimum Gasteiger partial charge on any atom is -0.192 e. The van der Waals surface area contributed by atoms with Crippen molar-refractivity contribution in [1.29, 1.82) is 31.6 Å². The predicted octanol–water partition coefficient (Wildman–Crippen LogP) is 0.146. The maximum atomic E-state index is 9.14. The Kier molecular flexibility index (Phi) is 6.23. The molecule has 0 bridgehead atoms. The van der Waals surface area contributed by atoms with Crippen molar-refractivity contribution in [2.24, 2.45) is 0 Å². The van der Waals surface area contributed by atoms with Gasteiger partial charge in [-0.05, 0) is 32.4 Å². The molecule has 0 heterocycles. The van der Waals surface area contributed by atoms with Gasteiger partial charge in [-0.2, -0.15) is 31.6 Å². The summed E-state index contributed by atoms with van der Waals surface area (Å²) in [6.45, 7) is 0. The van der Waals surface area contributed by atoms with E-state index in [1.54, 1.807) is 36.4 Å². The lowest BCUT2D eigenvalue weighted by Gasteiger charge is -1.88. The average Bonchev–Trinajstić information content (AvgIpc) is 3.68. The van der Waals surface area contributed by atoms with Crippen LogP contribution in [0.25, 0.3) is 33.4 Å². The number of rotatable bonds is 0. The van der Waals surface area contributed by atoms with Crippen LogP contribution in [0, 0.1) is 68.0 Å². The summed E-state index contributed by atoms with van der Waals surface area (Å²) in [4.78, 5) is 0. The second kappa shape index (κ2) is 9.75. The van der Waals surface area contributed by atoms with Crippen LogP contribution >= 0.6 is 0 Å². The summed E-state index contributed by atoms with van der Waals surface area (Å²) in [6.07, 6.45) is 0. The molecular weight excluding hydrogens is 444 g/mol. The lowest BCUT2D eigenvalue weighted by Crippen LogP contribution is -2.11. The fourth-order valence-electron chi connectivity index (χ4n) is 3.93. The number of benzene rings is 3. The molecular formula is C30H12N6. The van der Waals surface area contributed by atoms with Crippen molar-refractivity contribution >= 4 is 33.4 Å². The first-order valence-electron chi connectivity index (χ1n) is 10.6. The average molecular weight is 456 g/mol. The Morgan fingerprint density at radius 2 is 0.528 bits per heavy atom. The van der Waals surface area contributed by atoms with Gasteiger partial charge in [0.2, 0.25) is 0 Å². The van der Waals surface area contributed by atoms with Crippen molar-refractivity contribution in [2.45, 2.75) is 0 Å². The molecule has 0 aromatic heterocycles. The van der Waals surface area contributed by atoms with Crippen LogP contribution in [0.3, 0.4) is 0 Å². The standard InChI is InChI=1S/C30H12N6/c31-13-25(14-32)19-1-7-22(8-2-19)28-29(23-9-3-20(4-10-23)26(15-33)16-34)30(28)24-11-5-21(6-12-24)27(17-35)18-36/h1-12H. The van der Waals surface area contributed by atoms with Crippen molar-refractivity contribution in [3.05, 3.63) is 104 Å². The highest BCUT2D eigenvalue weighted by Crippen LogP contribution is 2.46. The lowest BCUT2D eigenvalue weighted by atomic mass is 10.1. The van der Waals surface area contributed by atoms with Gasteiger partial charge in [0, 0.05) is 15.7 Å². The highest BCUT2D eigenvalue weighted by atomic mass is 14.3. The summed E-state index contributed by atoms with van der Waals surface area (Å²) in [7, 11) is 0. The number of hydrogen-bond acceptors (Lipinski definition) is 6. The van der Waals surface area contributed by atoms with E-state index in [0.717, 1.165) is 32.4 Å². The van der Waals surface area contributed by atoms with Crippen molar-refractivity contribution in [1.82, 2.24) is 0 Å². The van der Waals surface area contributed by atoms with Gasteiger partial charge in [0.05, 0.1) is 0 Å². The van der Waals surface area contributed by atoms with E-state index in [1.807, 2.05) is 72.8 Å². The third-order valence-electron chi connectivity index (χ3n) is 5.75. The molecule has 3 aromatic carbocycles. The summed E-state index contributed by atoms with van der Waals surface area (Å²) >= 11 is 0. The van der Waals surface area contributed by atoms with E-state index in [1.165, 1.54) is 0 Å². The fraction of sp³-hybridized carbons (Fsp3) is 0. The first-order chi connectivity index (χ1) is 17.6. The third kappa shape index (κ3) is 4.11. The maximum Gasteiger partial charge on any atom is 0.136 e. The molecule has 0 spiro atoms. The SMILES string of the molecule is N#CC(C#N)=c1ccc(=C2C(=c3ccc(=C(C#N)C#N)cc3)C2=c2ccc(=C(C#N)C#N)cc2)cc1. The zero-order chi connectivity index (χ0) is 25.7. The zero-order valence-electron chi connectivity index (χ0n) is 18.6. The van der Waals surface area contributed by atoms with Gasteiger partial charge in [0.15, 0.2) is 0 Å². The first kappa shape index (κ1) is 23.0. The van der Waals surface area contributed by atoms with Crippen LogP contribution < -0.4 is 31.3 Å². The Morgan fingerprint density at radius 1 is 0.333 bits per heavy atom. The van der Waals surface area contributed by atoms with E-state index in [-0.39, 0.29) is 16.7 Å². The minimum atomic E-state index is 0.0333. The highest BCUT2D eigenvalue weighted by Gasteiger charge is 2.31. The molecule has 4 rings (SSSR count). The van der Waals surface area contributed by atoms with Crippen molar-refractivity contribution in [2.75, 3.05) is 0 Å². The second-order valence-corrected chi connectivity index (χ2v) is 7.65. The lowest BCUT2D eigenvalue weighted by molar-refractivity contribution is 1.47. The largest absolute Gasteiger partial charge is 0.192 e. The van der Waals surface area contributed by atoms with Gasteiger partial charge in [-0.15, -0.1) is 0 Å². The summed E-state index contributed by atoms with van der Waals surface area (Å²) in [5, 5.41) is 59.1. The van der Waals surface area contributed by atoms with E-state index in [0.29, 0.717) is 15.7 Å². The molecule has 0 atom stereocenters. The van der Waals surface area contributed by atoms with Crippen LogP contribution in [-0.4, -0.2) is 0 Å². The second-order valence-electron chi connectivity index (χ2n) is 7.65. The van der Waals surface area contributed by atoms with Crippen molar-refractivity contribution < 1.29 is 0 Å². The van der Waals surface area contributed by atoms with E-state index in [9.17, 15) is 0 Å². The molecule has 162 valence electrons. The van der Waals surface area contributed by atoms with Crippen molar-refractivity contribution in [3.63, 3.8) is 0 Å². The molecule has 3 aromatic rings. The molecule has 1 aliphatic carbocycles. The van der Waals surface area contributed by atoms with Gasteiger partial charge >= 0.3 is 0 Å². The minimum absolute atomic E-state index is 0.0333. The molecule has 0 N–H and O–H groups in total. The quantitative estimate of drug-likeness (QED) is 0.471. The van der Waals surface area contributed by atoms with Gasteiger partial charge < -0.3 is 0 Å². The smallest absolute Gasteiger partial charge is 0.136 e. The van der Waals surface area contributed by atoms with Gasteiger partial charge in [-0.3, -0.25) is 0 Å². The summed E-state index contributed by atoms with van der Waals surface area (Å²) < 4.78 is 0. The van der Waals surface area contributed by atoms with E-state index in [4.69, 9.17) is 31.6 Å². The molecule has 0 unspecified atom stereocenters. The Morgan fingerprint density at radius 3 is 0.694 bits per heavy atom. The Labute approximate surface area is 205 Å². The zero-order valence-corrected chi connectivity index (χ0v) is 18.6. The molecule has 6 heteroatoms. The van der Waals surface area contributed by atoms with Gasteiger partial charge in [0.1, 0.15) is 53.1 Å². The molecule has 0 amide bonds. The normalized spacial score (nSPS) is 11.0. The van der Waals surface area contributed by atoms with E-state index in [2.05, 4.69) is 0 Å². The van der Waals surface area contributed by atoms with Crippen LogP contribution in [0.5, 0.6) is 0 Å². The Balaban J connectivity index is 2.07. The molecule has 1 fully saturated rings. The number of nitriles is 6. The molecule has 6 nitrogen and oxygen atoms in total. The topological polar surface area (TPSA) is 143 Å². The Bertz CT molecular complexity index is 1730. The Hall–Kier alpha value is -6.18. The highest BCUT2D eigenvalue weighted by molar-refractivity contribution is 6.48. The molecule has 1 aliphatic rings. The van der Waals surface area contributed by atoms with Gasteiger partial charge in [0.25, 0.3) is 0 Å².